The van der Waals surface area contributed by atoms with Gasteiger partial charge in [0, 0.05) is 12.3 Å². The summed E-state index contributed by atoms with van der Waals surface area (Å²) in [6.07, 6.45) is 2.88. The minimum atomic E-state index is -0.286. The second kappa shape index (κ2) is 6.01. The van der Waals surface area contributed by atoms with E-state index < -0.39 is 0 Å². The molecule has 2 aromatic rings. The largest absolute Gasteiger partial charge is 0.497 e. The van der Waals surface area contributed by atoms with Crippen LogP contribution in [0.4, 0.5) is 5.69 Å². The molecule has 6 heteroatoms. The standard InChI is InChI=1S/C14H15N3O3/c1-9-11(7-15-8-16-9)14(18)17-12-5-4-10(19-2)6-13(12)20-3/h4-8H,1-3H3,(H,17,18). The molecule has 20 heavy (non-hydrogen) atoms. The summed E-state index contributed by atoms with van der Waals surface area (Å²) in [5.41, 5.74) is 1.59. The third-order valence-corrected chi connectivity index (χ3v) is 2.81. The molecule has 0 spiro atoms. The van der Waals surface area contributed by atoms with Crippen LogP contribution in [0.2, 0.25) is 0 Å². The maximum Gasteiger partial charge on any atom is 0.259 e. The summed E-state index contributed by atoms with van der Waals surface area (Å²) >= 11 is 0. The quantitative estimate of drug-likeness (QED) is 0.923. The predicted molar refractivity (Wildman–Crippen MR) is 74.3 cm³/mol. The van der Waals surface area contributed by atoms with Crippen LogP contribution in [-0.4, -0.2) is 30.1 Å². The van der Waals surface area contributed by atoms with Gasteiger partial charge in [-0.2, -0.15) is 0 Å². The first kappa shape index (κ1) is 13.8. The van der Waals surface area contributed by atoms with Crippen LogP contribution in [0, 0.1) is 6.92 Å². The monoisotopic (exact) mass is 273 g/mol. The van der Waals surface area contributed by atoms with Crippen molar-refractivity contribution >= 4 is 11.6 Å². The lowest BCUT2D eigenvalue weighted by Crippen LogP contribution is -2.15. The highest BCUT2D eigenvalue weighted by Crippen LogP contribution is 2.29. The number of carbonyl (C=O) groups excluding carboxylic acids is 1. The van der Waals surface area contributed by atoms with Crippen molar-refractivity contribution in [3.8, 4) is 11.5 Å². The van der Waals surface area contributed by atoms with Crippen LogP contribution < -0.4 is 14.8 Å². The van der Waals surface area contributed by atoms with Crippen LogP contribution in [0.15, 0.2) is 30.7 Å². The minimum absolute atomic E-state index is 0.286. The van der Waals surface area contributed by atoms with E-state index in [0.717, 1.165) is 0 Å². The lowest BCUT2D eigenvalue weighted by molar-refractivity contribution is 0.102. The smallest absolute Gasteiger partial charge is 0.259 e. The molecule has 1 aromatic carbocycles. The summed E-state index contributed by atoms with van der Waals surface area (Å²) in [4.78, 5) is 20.0. The average Bonchev–Trinajstić information content (AvgIpc) is 2.48. The molecule has 0 bridgehead atoms. The first-order chi connectivity index (χ1) is 9.65. The fraction of sp³-hybridized carbons (Fsp3) is 0.214. The third-order valence-electron chi connectivity index (χ3n) is 2.81. The summed E-state index contributed by atoms with van der Waals surface area (Å²) in [5.74, 6) is 0.887. The second-order valence-corrected chi connectivity index (χ2v) is 4.04. The van der Waals surface area contributed by atoms with Gasteiger partial charge in [0.1, 0.15) is 17.8 Å². The number of nitrogens with one attached hydrogen (secondary N) is 1. The van der Waals surface area contributed by atoms with Gasteiger partial charge in [-0.05, 0) is 19.1 Å². The number of anilines is 1. The topological polar surface area (TPSA) is 73.3 Å². The highest BCUT2D eigenvalue weighted by Gasteiger charge is 2.13. The molecule has 2 rings (SSSR count). The van der Waals surface area contributed by atoms with Crippen LogP contribution in [0.25, 0.3) is 0 Å². The normalized spacial score (nSPS) is 9.95. The molecule has 0 aliphatic rings. The highest BCUT2D eigenvalue weighted by atomic mass is 16.5. The van der Waals surface area contributed by atoms with E-state index in [0.29, 0.717) is 28.4 Å². The van der Waals surface area contributed by atoms with Crippen LogP contribution in [0.1, 0.15) is 16.1 Å². The molecule has 6 nitrogen and oxygen atoms in total. The summed E-state index contributed by atoms with van der Waals surface area (Å²) in [6, 6.07) is 5.16. The highest BCUT2D eigenvalue weighted by molar-refractivity contribution is 6.05. The lowest BCUT2D eigenvalue weighted by atomic mass is 10.2. The van der Waals surface area contributed by atoms with Crippen LogP contribution in [0.5, 0.6) is 11.5 Å². The molecule has 104 valence electrons. The first-order valence-corrected chi connectivity index (χ1v) is 5.95. The molecule has 0 saturated carbocycles. The van der Waals surface area contributed by atoms with Crippen molar-refractivity contribution in [1.29, 1.82) is 0 Å². The molecular formula is C14H15N3O3. The van der Waals surface area contributed by atoms with Crippen molar-refractivity contribution in [3.63, 3.8) is 0 Å². The number of benzene rings is 1. The van der Waals surface area contributed by atoms with Crippen LogP contribution in [0.3, 0.4) is 0 Å². The molecular weight excluding hydrogens is 258 g/mol. The Hall–Kier alpha value is -2.63. The fourth-order valence-corrected chi connectivity index (χ4v) is 1.71. The van der Waals surface area contributed by atoms with Crippen molar-refractivity contribution in [2.45, 2.75) is 6.92 Å². The maximum absolute atomic E-state index is 12.2. The molecule has 0 unspecified atom stereocenters. The number of ether oxygens (including phenoxy) is 2. The van der Waals surface area contributed by atoms with Gasteiger partial charge in [-0.3, -0.25) is 4.79 Å². The van der Waals surface area contributed by atoms with E-state index in [1.165, 1.54) is 19.6 Å². The Morgan fingerprint density at radius 3 is 2.70 bits per heavy atom. The summed E-state index contributed by atoms with van der Waals surface area (Å²) in [7, 11) is 3.10. The number of nitrogens with zero attached hydrogens (tertiary/aromatic N) is 2. The molecule has 0 atom stereocenters. The molecule has 0 aliphatic heterocycles. The predicted octanol–water partition coefficient (Wildman–Crippen LogP) is 2.05. The van der Waals surface area contributed by atoms with E-state index in [4.69, 9.17) is 9.47 Å². The SMILES string of the molecule is COc1ccc(NC(=O)c2cncnc2C)c(OC)c1. The van der Waals surface area contributed by atoms with E-state index >= 15 is 0 Å². The molecule has 0 radical (unpaired) electrons. The first-order valence-electron chi connectivity index (χ1n) is 5.95. The van der Waals surface area contributed by atoms with Crippen molar-refractivity contribution in [2.75, 3.05) is 19.5 Å². The summed E-state index contributed by atoms with van der Waals surface area (Å²) < 4.78 is 10.3. The number of aromatic nitrogens is 2. The third kappa shape index (κ3) is 2.85. The minimum Gasteiger partial charge on any atom is -0.497 e. The van der Waals surface area contributed by atoms with Gasteiger partial charge >= 0.3 is 0 Å². The number of methoxy groups -OCH3 is 2. The van der Waals surface area contributed by atoms with E-state index in [2.05, 4.69) is 15.3 Å². The lowest BCUT2D eigenvalue weighted by Gasteiger charge is -2.12. The van der Waals surface area contributed by atoms with Gasteiger partial charge in [-0.15, -0.1) is 0 Å². The van der Waals surface area contributed by atoms with Gasteiger partial charge < -0.3 is 14.8 Å². The van der Waals surface area contributed by atoms with E-state index in [1.807, 2.05) is 0 Å². The molecule has 1 heterocycles. The van der Waals surface area contributed by atoms with Gasteiger partial charge in [0.15, 0.2) is 0 Å². The van der Waals surface area contributed by atoms with Crippen molar-refractivity contribution in [2.24, 2.45) is 0 Å². The van der Waals surface area contributed by atoms with Gasteiger partial charge in [-0.1, -0.05) is 0 Å². The molecule has 1 amide bonds. The van der Waals surface area contributed by atoms with Crippen molar-refractivity contribution in [1.82, 2.24) is 9.97 Å². The summed E-state index contributed by atoms with van der Waals surface area (Å²) in [6.45, 7) is 1.75. The van der Waals surface area contributed by atoms with Crippen molar-refractivity contribution in [3.05, 3.63) is 42.0 Å². The Morgan fingerprint density at radius 2 is 2.05 bits per heavy atom. The van der Waals surface area contributed by atoms with Crippen LogP contribution >= 0.6 is 0 Å². The number of aryl methyl sites for hydroxylation is 1. The Bertz CT molecular complexity index is 629. The Kier molecular flexibility index (Phi) is 4.14. The van der Waals surface area contributed by atoms with Crippen LogP contribution in [-0.2, 0) is 0 Å². The average molecular weight is 273 g/mol. The van der Waals surface area contributed by atoms with E-state index in [9.17, 15) is 4.79 Å². The Morgan fingerprint density at radius 1 is 1.25 bits per heavy atom. The fourth-order valence-electron chi connectivity index (χ4n) is 1.71. The molecule has 0 fully saturated rings. The van der Waals surface area contributed by atoms with E-state index in [-0.39, 0.29) is 5.91 Å². The maximum atomic E-state index is 12.2. The number of hydrogen-bond acceptors (Lipinski definition) is 5. The number of hydrogen-bond donors (Lipinski definition) is 1. The zero-order valence-corrected chi connectivity index (χ0v) is 11.5. The van der Waals surface area contributed by atoms with Gasteiger partial charge in [0.25, 0.3) is 5.91 Å². The van der Waals surface area contributed by atoms with Crippen molar-refractivity contribution < 1.29 is 14.3 Å². The number of rotatable bonds is 4. The molecule has 1 aromatic heterocycles. The van der Waals surface area contributed by atoms with Gasteiger partial charge in [0.05, 0.1) is 31.2 Å². The summed E-state index contributed by atoms with van der Waals surface area (Å²) in [5, 5.41) is 2.77. The number of amides is 1. The zero-order valence-electron chi connectivity index (χ0n) is 11.5. The second-order valence-electron chi connectivity index (χ2n) is 4.04. The zero-order chi connectivity index (χ0) is 14.5. The van der Waals surface area contributed by atoms with Gasteiger partial charge in [0.2, 0.25) is 0 Å². The Labute approximate surface area is 116 Å². The van der Waals surface area contributed by atoms with E-state index in [1.54, 1.807) is 32.2 Å². The Balaban J connectivity index is 2.26. The van der Waals surface area contributed by atoms with Gasteiger partial charge in [-0.25, -0.2) is 9.97 Å². The molecule has 0 aliphatic carbocycles. The number of carbonyl (C=O) groups is 1. The molecule has 0 saturated heterocycles. The molecule has 1 N–H and O–H groups in total.